The summed E-state index contributed by atoms with van der Waals surface area (Å²) in [5.74, 6) is 0.455. The van der Waals surface area contributed by atoms with E-state index in [9.17, 15) is 18.0 Å². The molecule has 0 amide bonds. The summed E-state index contributed by atoms with van der Waals surface area (Å²) in [6, 6.07) is 3.22. The maximum Gasteiger partial charge on any atom is 0.417 e. The molecule has 1 aliphatic carbocycles. The minimum absolute atomic E-state index is 0.132. The van der Waals surface area contributed by atoms with E-state index in [1.807, 2.05) is 0 Å². The molecule has 1 fully saturated rings. The second kappa shape index (κ2) is 6.17. The van der Waals surface area contributed by atoms with E-state index < -0.39 is 16.8 Å². The first-order chi connectivity index (χ1) is 9.38. The molecule has 2 rings (SSSR count). The Bertz CT molecular complexity index is 490. The van der Waals surface area contributed by atoms with Crippen molar-refractivity contribution >= 4 is 17.4 Å². The zero-order valence-electron chi connectivity index (χ0n) is 11.0. The van der Waals surface area contributed by atoms with Gasteiger partial charge in [-0.2, -0.15) is 13.2 Å². The first-order valence-electron chi connectivity index (χ1n) is 6.78. The number of carbonyl (C=O) groups excluding carboxylic acids is 1. The molecular formula is C15H16ClF3O. The SMILES string of the molecule is O=C(CCC1CCCC1)c1ccc(C(F)(F)F)c(Cl)c1. The number of hydrogen-bond acceptors (Lipinski definition) is 1. The first kappa shape index (κ1) is 15.4. The van der Waals surface area contributed by atoms with Crippen LogP contribution in [-0.2, 0) is 6.18 Å². The van der Waals surface area contributed by atoms with Crippen molar-refractivity contribution in [3.8, 4) is 0 Å². The van der Waals surface area contributed by atoms with Crippen LogP contribution in [0.25, 0.3) is 0 Å². The third-order valence-corrected chi connectivity index (χ3v) is 4.16. The fourth-order valence-corrected chi connectivity index (χ4v) is 2.98. The van der Waals surface area contributed by atoms with E-state index in [1.54, 1.807) is 0 Å². The van der Waals surface area contributed by atoms with Gasteiger partial charge in [-0.25, -0.2) is 0 Å². The van der Waals surface area contributed by atoms with Crippen molar-refractivity contribution in [1.82, 2.24) is 0 Å². The van der Waals surface area contributed by atoms with E-state index in [1.165, 1.54) is 18.9 Å². The van der Waals surface area contributed by atoms with Crippen LogP contribution in [-0.4, -0.2) is 5.78 Å². The van der Waals surface area contributed by atoms with Crippen LogP contribution in [0, 0.1) is 5.92 Å². The Labute approximate surface area is 121 Å². The largest absolute Gasteiger partial charge is 0.417 e. The standard InChI is InChI=1S/C15H16ClF3O/c16-13-9-11(6-7-12(13)15(17,18)19)14(20)8-5-10-3-1-2-4-10/h6-7,9-10H,1-5,8H2. The maximum atomic E-state index is 12.6. The summed E-state index contributed by atoms with van der Waals surface area (Å²) in [5, 5.41) is -0.413. The highest BCUT2D eigenvalue weighted by atomic mass is 35.5. The van der Waals surface area contributed by atoms with Gasteiger partial charge in [0.1, 0.15) is 0 Å². The third-order valence-electron chi connectivity index (χ3n) is 3.85. The first-order valence-corrected chi connectivity index (χ1v) is 7.15. The van der Waals surface area contributed by atoms with Crippen LogP contribution in [0.5, 0.6) is 0 Å². The van der Waals surface area contributed by atoms with Crippen molar-refractivity contribution in [2.45, 2.75) is 44.7 Å². The number of rotatable bonds is 4. The Balaban J connectivity index is 2.01. The van der Waals surface area contributed by atoms with Crippen molar-refractivity contribution < 1.29 is 18.0 Å². The van der Waals surface area contributed by atoms with Gasteiger partial charge in [0.15, 0.2) is 5.78 Å². The van der Waals surface area contributed by atoms with Crippen molar-refractivity contribution in [2.75, 3.05) is 0 Å². The predicted molar refractivity (Wildman–Crippen MR) is 72.0 cm³/mol. The van der Waals surface area contributed by atoms with E-state index in [2.05, 4.69) is 0 Å². The highest BCUT2D eigenvalue weighted by Crippen LogP contribution is 2.35. The second-order valence-corrected chi connectivity index (χ2v) is 5.71. The smallest absolute Gasteiger partial charge is 0.294 e. The van der Waals surface area contributed by atoms with Gasteiger partial charge in [-0.15, -0.1) is 0 Å². The number of hydrogen-bond donors (Lipinski definition) is 0. The fourth-order valence-electron chi connectivity index (χ4n) is 2.70. The lowest BCUT2D eigenvalue weighted by Crippen LogP contribution is -2.08. The molecule has 0 unspecified atom stereocenters. The zero-order valence-corrected chi connectivity index (χ0v) is 11.7. The molecule has 1 nitrogen and oxygen atoms in total. The molecule has 0 saturated heterocycles. The molecule has 110 valence electrons. The lowest BCUT2D eigenvalue weighted by atomic mass is 9.97. The van der Waals surface area contributed by atoms with Crippen molar-refractivity contribution in [2.24, 2.45) is 5.92 Å². The van der Waals surface area contributed by atoms with Crippen LogP contribution in [0.1, 0.15) is 54.4 Å². The minimum atomic E-state index is -4.48. The van der Waals surface area contributed by atoms with Gasteiger partial charge in [-0.05, 0) is 24.5 Å². The molecule has 1 aromatic rings. The molecule has 0 radical (unpaired) electrons. The van der Waals surface area contributed by atoms with Crippen LogP contribution in [0.2, 0.25) is 5.02 Å². The molecule has 0 spiro atoms. The summed E-state index contributed by atoms with van der Waals surface area (Å²) >= 11 is 5.61. The minimum Gasteiger partial charge on any atom is -0.294 e. The molecule has 0 heterocycles. The molecule has 5 heteroatoms. The summed E-state index contributed by atoms with van der Waals surface area (Å²) in [6.07, 6.45) is 1.45. The highest BCUT2D eigenvalue weighted by Gasteiger charge is 2.33. The molecule has 1 aliphatic rings. The summed E-state index contributed by atoms with van der Waals surface area (Å²) in [5.41, 5.74) is -0.632. The number of carbonyl (C=O) groups is 1. The van der Waals surface area contributed by atoms with Crippen molar-refractivity contribution in [1.29, 1.82) is 0 Å². The zero-order chi connectivity index (χ0) is 14.8. The molecule has 0 bridgehead atoms. The van der Waals surface area contributed by atoms with Gasteiger partial charge >= 0.3 is 6.18 Å². The lowest BCUT2D eigenvalue weighted by molar-refractivity contribution is -0.137. The molecule has 0 atom stereocenters. The monoisotopic (exact) mass is 304 g/mol. The summed E-state index contributed by atoms with van der Waals surface area (Å²) in [4.78, 5) is 12.0. The number of Topliss-reactive ketones (excluding diaryl/α,β-unsaturated/α-hetero) is 1. The van der Waals surface area contributed by atoms with E-state index in [0.29, 0.717) is 12.3 Å². The Morgan fingerprint density at radius 3 is 2.45 bits per heavy atom. The highest BCUT2D eigenvalue weighted by molar-refractivity contribution is 6.31. The van der Waals surface area contributed by atoms with Crippen molar-refractivity contribution in [3.63, 3.8) is 0 Å². The van der Waals surface area contributed by atoms with Crippen molar-refractivity contribution in [3.05, 3.63) is 34.3 Å². The number of benzene rings is 1. The van der Waals surface area contributed by atoms with Gasteiger partial charge in [0.25, 0.3) is 0 Å². The normalized spacial score (nSPS) is 16.6. The van der Waals surface area contributed by atoms with Gasteiger partial charge in [0.05, 0.1) is 10.6 Å². The van der Waals surface area contributed by atoms with E-state index in [4.69, 9.17) is 11.6 Å². The summed E-state index contributed by atoms with van der Waals surface area (Å²) in [7, 11) is 0. The Morgan fingerprint density at radius 1 is 1.25 bits per heavy atom. The molecule has 1 saturated carbocycles. The average molecular weight is 305 g/mol. The number of ketones is 1. The summed E-state index contributed by atoms with van der Waals surface area (Å²) < 4.78 is 37.7. The van der Waals surface area contributed by atoms with E-state index in [0.717, 1.165) is 31.4 Å². The summed E-state index contributed by atoms with van der Waals surface area (Å²) in [6.45, 7) is 0. The molecule has 0 aromatic heterocycles. The Hall–Kier alpha value is -1.03. The van der Waals surface area contributed by atoms with E-state index in [-0.39, 0.29) is 11.3 Å². The molecular weight excluding hydrogens is 289 g/mol. The fraction of sp³-hybridized carbons (Fsp3) is 0.533. The molecule has 1 aromatic carbocycles. The van der Waals surface area contributed by atoms with Crippen LogP contribution >= 0.6 is 11.6 Å². The van der Waals surface area contributed by atoms with Gasteiger partial charge < -0.3 is 0 Å². The molecule has 0 N–H and O–H groups in total. The maximum absolute atomic E-state index is 12.6. The van der Waals surface area contributed by atoms with Crippen LogP contribution in [0.15, 0.2) is 18.2 Å². The topological polar surface area (TPSA) is 17.1 Å². The number of alkyl halides is 3. The molecule has 0 aliphatic heterocycles. The van der Waals surface area contributed by atoms with Gasteiger partial charge in [0, 0.05) is 12.0 Å². The molecule has 20 heavy (non-hydrogen) atoms. The third kappa shape index (κ3) is 3.75. The predicted octanol–water partition coefficient (Wildman–Crippen LogP) is 5.51. The lowest BCUT2D eigenvalue weighted by Gasteiger charge is -2.11. The second-order valence-electron chi connectivity index (χ2n) is 5.30. The average Bonchev–Trinajstić information content (AvgIpc) is 2.87. The van der Waals surface area contributed by atoms with Gasteiger partial charge in [0.2, 0.25) is 0 Å². The quantitative estimate of drug-likeness (QED) is 0.670. The van der Waals surface area contributed by atoms with Crippen LogP contribution in [0.3, 0.4) is 0 Å². The Kier molecular flexibility index (Phi) is 4.74. The van der Waals surface area contributed by atoms with Gasteiger partial charge in [-0.3, -0.25) is 4.79 Å². The Morgan fingerprint density at radius 2 is 1.90 bits per heavy atom. The number of halogens is 4. The van der Waals surface area contributed by atoms with Gasteiger partial charge in [-0.1, -0.05) is 43.4 Å². The van der Waals surface area contributed by atoms with E-state index >= 15 is 0 Å². The van der Waals surface area contributed by atoms with Crippen LogP contribution < -0.4 is 0 Å². The van der Waals surface area contributed by atoms with Crippen LogP contribution in [0.4, 0.5) is 13.2 Å².